The van der Waals surface area contributed by atoms with Crippen LogP contribution in [-0.2, 0) is 9.59 Å². The lowest BCUT2D eigenvalue weighted by atomic mass is 10.0. The molecule has 110 valence electrons. The summed E-state index contributed by atoms with van der Waals surface area (Å²) in [6.07, 6.45) is 0.775. The maximum absolute atomic E-state index is 11.1. The SMILES string of the molecule is COc1ccc(SCC(CCCC(=O)O)C(=O)O)cc1. The third-order valence-corrected chi connectivity index (χ3v) is 3.98. The number of carboxylic acids is 2. The molecule has 0 bridgehead atoms. The second-order valence-corrected chi connectivity index (χ2v) is 5.40. The van der Waals surface area contributed by atoms with Crippen LogP contribution < -0.4 is 4.74 Å². The van der Waals surface area contributed by atoms with E-state index < -0.39 is 17.9 Å². The van der Waals surface area contributed by atoms with E-state index in [9.17, 15) is 9.59 Å². The van der Waals surface area contributed by atoms with Gasteiger partial charge in [0.25, 0.3) is 0 Å². The second kappa shape index (κ2) is 8.47. The summed E-state index contributed by atoms with van der Waals surface area (Å²) in [6, 6.07) is 7.39. The van der Waals surface area contributed by atoms with E-state index in [1.165, 1.54) is 11.8 Å². The van der Waals surface area contributed by atoms with Gasteiger partial charge in [0.05, 0.1) is 13.0 Å². The van der Waals surface area contributed by atoms with Gasteiger partial charge in [-0.25, -0.2) is 0 Å². The molecule has 1 atom stereocenters. The Hall–Kier alpha value is -1.69. The Morgan fingerprint density at radius 2 is 1.90 bits per heavy atom. The summed E-state index contributed by atoms with van der Waals surface area (Å²) in [6.45, 7) is 0. The maximum atomic E-state index is 11.1. The van der Waals surface area contributed by atoms with Crippen molar-refractivity contribution in [1.29, 1.82) is 0 Å². The molecule has 0 spiro atoms. The highest BCUT2D eigenvalue weighted by Gasteiger charge is 2.18. The quantitative estimate of drug-likeness (QED) is 0.682. The molecule has 5 nitrogen and oxygen atoms in total. The van der Waals surface area contributed by atoms with Gasteiger partial charge in [0, 0.05) is 17.1 Å². The molecule has 0 aliphatic rings. The van der Waals surface area contributed by atoms with Crippen molar-refractivity contribution in [3.05, 3.63) is 24.3 Å². The van der Waals surface area contributed by atoms with Gasteiger partial charge >= 0.3 is 11.9 Å². The van der Waals surface area contributed by atoms with Crippen LogP contribution in [0.5, 0.6) is 5.75 Å². The van der Waals surface area contributed by atoms with Crippen LogP contribution in [0.3, 0.4) is 0 Å². The number of carboxylic acid groups (broad SMARTS) is 2. The first-order valence-corrected chi connectivity index (χ1v) is 7.23. The summed E-state index contributed by atoms with van der Waals surface area (Å²) in [4.78, 5) is 22.5. The van der Waals surface area contributed by atoms with E-state index in [0.717, 1.165) is 10.6 Å². The highest BCUT2D eigenvalue weighted by atomic mass is 32.2. The predicted octanol–water partition coefficient (Wildman–Crippen LogP) is 2.74. The van der Waals surface area contributed by atoms with Crippen LogP contribution >= 0.6 is 11.8 Å². The first-order chi connectivity index (χ1) is 9.52. The van der Waals surface area contributed by atoms with Gasteiger partial charge in [0.2, 0.25) is 0 Å². The van der Waals surface area contributed by atoms with E-state index in [4.69, 9.17) is 14.9 Å². The number of hydrogen-bond acceptors (Lipinski definition) is 4. The van der Waals surface area contributed by atoms with Crippen LogP contribution in [0, 0.1) is 5.92 Å². The van der Waals surface area contributed by atoms with Crippen LogP contribution in [0.25, 0.3) is 0 Å². The highest BCUT2D eigenvalue weighted by molar-refractivity contribution is 7.99. The van der Waals surface area contributed by atoms with Crippen molar-refractivity contribution in [2.24, 2.45) is 5.92 Å². The molecule has 0 aliphatic heterocycles. The molecule has 0 heterocycles. The standard InChI is InChI=1S/C14H18O5S/c1-19-11-5-7-12(8-6-11)20-9-10(14(17)18)3-2-4-13(15)16/h5-8,10H,2-4,9H2,1H3,(H,15,16)(H,17,18). The summed E-state index contributed by atoms with van der Waals surface area (Å²) in [5, 5.41) is 17.7. The van der Waals surface area contributed by atoms with Crippen molar-refractivity contribution < 1.29 is 24.5 Å². The molecule has 0 fully saturated rings. The molecule has 20 heavy (non-hydrogen) atoms. The molecule has 0 amide bonds. The van der Waals surface area contributed by atoms with Gasteiger partial charge in [0.1, 0.15) is 5.75 Å². The fourth-order valence-electron chi connectivity index (χ4n) is 1.65. The topological polar surface area (TPSA) is 83.8 Å². The number of carbonyl (C=O) groups is 2. The van der Waals surface area contributed by atoms with Gasteiger partial charge < -0.3 is 14.9 Å². The molecule has 0 saturated heterocycles. The fraction of sp³-hybridized carbons (Fsp3) is 0.429. The lowest BCUT2D eigenvalue weighted by molar-refractivity contribution is -0.142. The molecule has 1 aromatic rings. The zero-order valence-electron chi connectivity index (χ0n) is 11.2. The Morgan fingerprint density at radius 3 is 2.40 bits per heavy atom. The van der Waals surface area contributed by atoms with E-state index in [-0.39, 0.29) is 6.42 Å². The molecule has 1 unspecified atom stereocenters. The number of benzene rings is 1. The Balaban J connectivity index is 2.44. The summed E-state index contributed by atoms with van der Waals surface area (Å²) in [7, 11) is 1.59. The minimum absolute atomic E-state index is 0.0109. The van der Waals surface area contributed by atoms with Gasteiger partial charge in [0.15, 0.2) is 0 Å². The van der Waals surface area contributed by atoms with E-state index in [1.54, 1.807) is 7.11 Å². The molecule has 0 aliphatic carbocycles. The van der Waals surface area contributed by atoms with Crippen LogP contribution in [-0.4, -0.2) is 35.0 Å². The highest BCUT2D eigenvalue weighted by Crippen LogP contribution is 2.25. The lowest BCUT2D eigenvalue weighted by Crippen LogP contribution is -2.16. The molecular weight excluding hydrogens is 280 g/mol. The van der Waals surface area contributed by atoms with E-state index >= 15 is 0 Å². The summed E-state index contributed by atoms with van der Waals surface area (Å²) in [5.41, 5.74) is 0. The summed E-state index contributed by atoms with van der Waals surface area (Å²) >= 11 is 1.45. The van der Waals surface area contributed by atoms with Crippen molar-refractivity contribution in [2.75, 3.05) is 12.9 Å². The van der Waals surface area contributed by atoms with E-state index in [2.05, 4.69) is 0 Å². The van der Waals surface area contributed by atoms with Crippen LogP contribution in [0.15, 0.2) is 29.2 Å². The van der Waals surface area contributed by atoms with Crippen molar-refractivity contribution in [3.8, 4) is 5.75 Å². The van der Waals surface area contributed by atoms with Gasteiger partial charge in [-0.2, -0.15) is 0 Å². The number of hydrogen-bond donors (Lipinski definition) is 2. The third-order valence-electron chi connectivity index (χ3n) is 2.80. The minimum atomic E-state index is -0.892. The van der Waals surface area contributed by atoms with Crippen molar-refractivity contribution in [3.63, 3.8) is 0 Å². The number of rotatable bonds is 9. The molecule has 0 saturated carbocycles. The fourth-order valence-corrected chi connectivity index (χ4v) is 2.68. The zero-order valence-corrected chi connectivity index (χ0v) is 12.1. The molecule has 1 rings (SSSR count). The van der Waals surface area contributed by atoms with Gasteiger partial charge in [-0.15, -0.1) is 11.8 Å². The smallest absolute Gasteiger partial charge is 0.307 e. The average Bonchev–Trinajstić information content (AvgIpc) is 2.42. The maximum Gasteiger partial charge on any atom is 0.307 e. The van der Waals surface area contributed by atoms with Crippen LogP contribution in [0.2, 0.25) is 0 Å². The Morgan fingerprint density at radius 1 is 1.25 bits per heavy atom. The average molecular weight is 298 g/mol. The Bertz CT molecular complexity index is 443. The van der Waals surface area contributed by atoms with Gasteiger partial charge in [-0.05, 0) is 37.1 Å². The van der Waals surface area contributed by atoms with E-state index in [1.807, 2.05) is 24.3 Å². The van der Waals surface area contributed by atoms with Gasteiger partial charge in [-0.3, -0.25) is 9.59 Å². The largest absolute Gasteiger partial charge is 0.497 e. The number of thioether (sulfide) groups is 1. The minimum Gasteiger partial charge on any atom is -0.497 e. The molecule has 0 aromatic heterocycles. The number of aliphatic carboxylic acids is 2. The monoisotopic (exact) mass is 298 g/mol. The van der Waals surface area contributed by atoms with Crippen molar-refractivity contribution >= 4 is 23.7 Å². The van der Waals surface area contributed by atoms with Gasteiger partial charge in [-0.1, -0.05) is 0 Å². The zero-order chi connectivity index (χ0) is 15.0. The third kappa shape index (κ3) is 5.97. The van der Waals surface area contributed by atoms with Crippen LogP contribution in [0.4, 0.5) is 0 Å². The first-order valence-electron chi connectivity index (χ1n) is 6.24. The summed E-state index contributed by atoms with van der Waals surface area (Å²) < 4.78 is 5.05. The lowest BCUT2D eigenvalue weighted by Gasteiger charge is -2.11. The molecule has 0 radical (unpaired) electrons. The van der Waals surface area contributed by atoms with Crippen molar-refractivity contribution in [2.45, 2.75) is 24.2 Å². The van der Waals surface area contributed by atoms with E-state index in [0.29, 0.717) is 18.6 Å². The molecular formula is C14H18O5S. The Kier molecular flexibility index (Phi) is 6.93. The predicted molar refractivity (Wildman–Crippen MR) is 76.3 cm³/mol. The molecule has 2 N–H and O–H groups in total. The molecule has 1 aromatic carbocycles. The molecule has 6 heteroatoms. The van der Waals surface area contributed by atoms with Crippen LogP contribution in [0.1, 0.15) is 19.3 Å². The first kappa shape index (κ1) is 16.4. The summed E-state index contributed by atoms with van der Waals surface area (Å²) in [5.74, 6) is -1.11. The number of methoxy groups -OCH3 is 1. The van der Waals surface area contributed by atoms with Crippen molar-refractivity contribution in [1.82, 2.24) is 0 Å². The number of ether oxygens (including phenoxy) is 1. The second-order valence-electron chi connectivity index (χ2n) is 4.31. The Labute approximate surface area is 121 Å². The normalized spacial score (nSPS) is 11.8.